The molecule has 0 saturated heterocycles. The van der Waals surface area contributed by atoms with Crippen molar-refractivity contribution in [2.45, 2.75) is 12.2 Å². The molecule has 0 saturated carbocycles. The van der Waals surface area contributed by atoms with Gasteiger partial charge in [0.15, 0.2) is 12.2 Å². The number of carbonyl (C=O) groups is 2. The van der Waals surface area contributed by atoms with E-state index in [0.717, 1.165) is 0 Å². The van der Waals surface area contributed by atoms with Crippen molar-refractivity contribution in [3.8, 4) is 11.5 Å². The van der Waals surface area contributed by atoms with Crippen molar-refractivity contribution in [3.05, 3.63) is 60.7 Å². The lowest BCUT2D eigenvalue weighted by atomic mass is 10.2. The minimum atomic E-state index is -4.14. The summed E-state index contributed by atoms with van der Waals surface area (Å²) in [5, 5.41) is 32.5. The van der Waals surface area contributed by atoms with Crippen LogP contribution in [0.15, 0.2) is 60.7 Å². The molecule has 0 aliphatic carbocycles. The number of hydrogen-bond donors (Lipinski definition) is 5. The number of aliphatic carboxylic acids is 2. The van der Waals surface area contributed by atoms with Gasteiger partial charge in [0.2, 0.25) is 0 Å². The number of hydrogen-bond acceptors (Lipinski definition) is 7. The smallest absolute Gasteiger partial charge is 0.479 e. The van der Waals surface area contributed by atoms with E-state index in [0.29, 0.717) is 0 Å². The van der Waals surface area contributed by atoms with Crippen LogP contribution in [0.25, 0.3) is 0 Å². The highest BCUT2D eigenvalue weighted by Crippen LogP contribution is 2.44. The van der Waals surface area contributed by atoms with Crippen LogP contribution in [0.1, 0.15) is 0 Å². The number of phosphoric acid groups is 1. The Kier molecular flexibility index (Phi) is 8.43. The highest BCUT2D eigenvalue weighted by molar-refractivity contribution is 7.48. The summed E-state index contributed by atoms with van der Waals surface area (Å²) in [7, 11) is -4.14. The van der Waals surface area contributed by atoms with Crippen molar-refractivity contribution in [2.75, 3.05) is 0 Å². The zero-order chi connectivity index (χ0) is 20.4. The maximum atomic E-state index is 11.7. The molecule has 0 bridgehead atoms. The van der Waals surface area contributed by atoms with E-state index >= 15 is 0 Å². The molecule has 2 atom stereocenters. The van der Waals surface area contributed by atoms with Gasteiger partial charge in [-0.3, -0.25) is 4.89 Å². The number of carboxylic acid groups (broad SMARTS) is 2. The maximum absolute atomic E-state index is 11.7. The highest BCUT2D eigenvalue weighted by Gasteiger charge is 2.29. The third-order valence-electron chi connectivity index (χ3n) is 2.73. The van der Waals surface area contributed by atoms with Gasteiger partial charge in [0.1, 0.15) is 11.5 Å². The molecule has 0 amide bonds. The maximum Gasteiger partial charge on any atom is 0.584 e. The van der Waals surface area contributed by atoms with Crippen LogP contribution in [0, 0.1) is 0 Å². The second kappa shape index (κ2) is 10.3. The summed E-state index contributed by atoms with van der Waals surface area (Å²) < 4.78 is 21.5. The molecule has 0 spiro atoms. The highest BCUT2D eigenvalue weighted by atomic mass is 31.2. The van der Waals surface area contributed by atoms with E-state index in [-0.39, 0.29) is 11.5 Å². The number of benzene rings is 2. The van der Waals surface area contributed by atoms with E-state index in [1.165, 1.54) is 0 Å². The van der Waals surface area contributed by atoms with Crippen LogP contribution in [-0.2, 0) is 14.2 Å². The molecule has 2 rings (SSSR count). The Labute approximate surface area is 153 Å². The monoisotopic (exact) mass is 400 g/mol. The van der Waals surface area contributed by atoms with Crippen LogP contribution in [-0.4, -0.2) is 49.5 Å². The van der Waals surface area contributed by atoms with Crippen molar-refractivity contribution in [1.29, 1.82) is 0 Å². The average molecular weight is 400 g/mol. The van der Waals surface area contributed by atoms with Crippen LogP contribution in [0.5, 0.6) is 11.5 Å². The summed E-state index contributed by atoms with van der Waals surface area (Å²) in [4.78, 5) is 29.1. The largest absolute Gasteiger partial charge is 0.584 e. The molecular weight excluding hydrogens is 383 g/mol. The van der Waals surface area contributed by atoms with E-state index in [2.05, 4.69) is 0 Å². The molecule has 2 unspecified atom stereocenters. The lowest BCUT2D eigenvalue weighted by Gasteiger charge is -2.13. The molecule has 10 nitrogen and oxygen atoms in total. The predicted octanol–water partition coefficient (Wildman–Crippen LogP) is 1.12. The molecule has 2 aromatic carbocycles. The van der Waals surface area contributed by atoms with Gasteiger partial charge < -0.3 is 29.5 Å². The molecule has 0 aliphatic rings. The minimum Gasteiger partial charge on any atom is -0.479 e. The minimum absolute atomic E-state index is 0.286. The third-order valence-corrected chi connectivity index (χ3v) is 3.62. The molecule has 0 heterocycles. The molecule has 0 fully saturated rings. The summed E-state index contributed by atoms with van der Waals surface area (Å²) in [6, 6.07) is 16.7. The molecule has 27 heavy (non-hydrogen) atoms. The Morgan fingerprint density at radius 2 is 1.04 bits per heavy atom. The summed E-state index contributed by atoms with van der Waals surface area (Å²) in [6.07, 6.45) is -4.53. The molecule has 5 N–H and O–H groups in total. The first-order chi connectivity index (χ1) is 12.6. The molecule has 0 aliphatic heterocycles. The molecule has 146 valence electrons. The van der Waals surface area contributed by atoms with Gasteiger partial charge in [0.25, 0.3) is 0 Å². The van der Waals surface area contributed by atoms with Crippen LogP contribution in [0.2, 0.25) is 0 Å². The Morgan fingerprint density at radius 1 is 0.741 bits per heavy atom. The van der Waals surface area contributed by atoms with Crippen molar-refractivity contribution in [3.63, 3.8) is 0 Å². The molecule has 2 aromatic rings. The standard InChI is InChI=1S/C12H11O4P.C4H6O6/c13-17(14,15-11-7-3-1-4-8-11)16-12-9-5-2-6-10-12;5-1(3(7)8)2(6)4(9)10/h1-10H,(H,13,14);1-2,5-6H,(H,7,8)(H,9,10). The number of rotatable bonds is 7. The van der Waals surface area contributed by atoms with E-state index < -0.39 is 32.0 Å². The first kappa shape index (κ1) is 22.1. The van der Waals surface area contributed by atoms with Crippen LogP contribution in [0.4, 0.5) is 0 Å². The fourth-order valence-corrected chi connectivity index (χ4v) is 2.33. The topological polar surface area (TPSA) is 171 Å². The zero-order valence-corrected chi connectivity index (χ0v) is 14.5. The van der Waals surface area contributed by atoms with Crippen LogP contribution >= 0.6 is 7.82 Å². The molecule has 0 radical (unpaired) electrons. The van der Waals surface area contributed by atoms with Gasteiger partial charge >= 0.3 is 19.8 Å². The van der Waals surface area contributed by atoms with Crippen LogP contribution in [0.3, 0.4) is 0 Å². The third kappa shape index (κ3) is 8.34. The summed E-state index contributed by atoms with van der Waals surface area (Å²) in [6.45, 7) is 0. The predicted molar refractivity (Wildman–Crippen MR) is 91.3 cm³/mol. The van der Waals surface area contributed by atoms with Crippen LogP contribution < -0.4 is 9.05 Å². The SMILES string of the molecule is O=C(O)C(O)C(O)C(=O)O.O=P(O)(Oc1ccccc1)Oc1ccccc1. The second-order valence-corrected chi connectivity index (χ2v) is 6.15. The van der Waals surface area contributed by atoms with E-state index in [1.54, 1.807) is 60.7 Å². The summed E-state index contributed by atoms with van der Waals surface area (Å²) in [5.74, 6) is -2.96. The van der Waals surface area contributed by atoms with Crippen molar-refractivity contribution >= 4 is 19.8 Å². The Morgan fingerprint density at radius 3 is 1.30 bits per heavy atom. The van der Waals surface area contributed by atoms with Crippen molar-refractivity contribution < 1.29 is 48.5 Å². The normalized spacial score (nSPS) is 12.7. The van der Waals surface area contributed by atoms with Gasteiger partial charge in [-0.25, -0.2) is 14.2 Å². The number of carboxylic acids is 2. The van der Waals surface area contributed by atoms with Gasteiger partial charge in [-0.15, -0.1) is 0 Å². The van der Waals surface area contributed by atoms with Crippen molar-refractivity contribution in [1.82, 2.24) is 0 Å². The summed E-state index contributed by atoms with van der Waals surface area (Å²) in [5.41, 5.74) is 0. The fraction of sp³-hybridized carbons (Fsp3) is 0.125. The average Bonchev–Trinajstić information content (AvgIpc) is 2.61. The summed E-state index contributed by atoms with van der Waals surface area (Å²) >= 11 is 0. The quantitative estimate of drug-likeness (QED) is 0.424. The van der Waals surface area contributed by atoms with E-state index in [4.69, 9.17) is 29.5 Å². The lowest BCUT2D eigenvalue weighted by molar-refractivity contribution is -0.165. The Bertz CT molecular complexity index is 717. The molecule has 0 aromatic heterocycles. The van der Waals surface area contributed by atoms with Gasteiger partial charge in [-0.05, 0) is 24.3 Å². The zero-order valence-electron chi connectivity index (χ0n) is 13.7. The van der Waals surface area contributed by atoms with Gasteiger partial charge in [-0.2, -0.15) is 0 Å². The second-order valence-electron chi connectivity index (χ2n) is 4.84. The van der Waals surface area contributed by atoms with Crippen molar-refractivity contribution in [2.24, 2.45) is 0 Å². The molecular formula is C16H17O10P. The number of para-hydroxylation sites is 2. The first-order valence-electron chi connectivity index (χ1n) is 7.26. The molecule has 11 heteroatoms. The number of aliphatic hydroxyl groups excluding tert-OH is 2. The van der Waals surface area contributed by atoms with Gasteiger partial charge in [0, 0.05) is 0 Å². The van der Waals surface area contributed by atoms with Gasteiger partial charge in [0.05, 0.1) is 0 Å². The van der Waals surface area contributed by atoms with Gasteiger partial charge in [-0.1, -0.05) is 36.4 Å². The first-order valence-corrected chi connectivity index (χ1v) is 8.76. The Hall–Kier alpha value is -2.91. The number of phosphoric ester groups is 1. The van der Waals surface area contributed by atoms with E-state index in [9.17, 15) is 19.0 Å². The number of aliphatic hydroxyl groups is 2. The lowest BCUT2D eigenvalue weighted by Crippen LogP contribution is -2.39. The fourth-order valence-electron chi connectivity index (χ4n) is 1.52. The Balaban J connectivity index is 0.000000314. The van der Waals surface area contributed by atoms with E-state index in [1.807, 2.05) is 0 Å².